The summed E-state index contributed by atoms with van der Waals surface area (Å²) in [5, 5.41) is 13.2. The van der Waals surface area contributed by atoms with Gasteiger partial charge in [0.1, 0.15) is 10.7 Å². The minimum Gasteiger partial charge on any atom is -0.475 e. The number of fused-ring (bicyclic) bond motifs is 1. The molecule has 0 bridgehead atoms. The van der Waals surface area contributed by atoms with Crippen LogP contribution in [0.3, 0.4) is 0 Å². The van der Waals surface area contributed by atoms with Gasteiger partial charge < -0.3 is 16.2 Å². The molecule has 0 saturated carbocycles. The first-order valence-electron chi connectivity index (χ1n) is 8.78. The number of rotatable bonds is 4. The fourth-order valence-electron chi connectivity index (χ4n) is 2.53. The number of hydrogen-bond donors (Lipinski definition) is 3. The molecule has 1 aromatic heterocycles. The van der Waals surface area contributed by atoms with E-state index in [1.807, 2.05) is 38.1 Å². The summed E-state index contributed by atoms with van der Waals surface area (Å²) in [6.45, 7) is 4.25. The molecule has 6 nitrogen and oxygen atoms in total. The summed E-state index contributed by atoms with van der Waals surface area (Å²) in [6, 6.07) is 14.1. The summed E-state index contributed by atoms with van der Waals surface area (Å²) in [4.78, 5) is 26.6. The molecule has 1 unspecified atom stereocenters. The van der Waals surface area contributed by atoms with Gasteiger partial charge >= 0.3 is 12.1 Å². The number of nitrogens with one attached hydrogen (secondary N) is 1. The fourth-order valence-corrected chi connectivity index (χ4v) is 3.40. The maximum Gasteiger partial charge on any atom is 0.490 e. The number of carbonyl (C=O) groups is 2. The molecular formula is C20H20F3N3O3S. The summed E-state index contributed by atoms with van der Waals surface area (Å²) < 4.78 is 31.7. The lowest BCUT2D eigenvalue weighted by Gasteiger charge is -2.08. The Kier molecular flexibility index (Phi) is 7.52. The number of carbonyl (C=O) groups excluding carboxylic acids is 1. The Morgan fingerprint density at radius 3 is 2.37 bits per heavy atom. The van der Waals surface area contributed by atoms with Gasteiger partial charge in [0, 0.05) is 11.4 Å². The summed E-state index contributed by atoms with van der Waals surface area (Å²) in [5.74, 6) is -2.91. The maximum absolute atomic E-state index is 12.4. The van der Waals surface area contributed by atoms with E-state index in [0.717, 1.165) is 20.8 Å². The van der Waals surface area contributed by atoms with Gasteiger partial charge in [0.05, 0.1) is 6.04 Å². The molecule has 3 rings (SSSR count). The van der Waals surface area contributed by atoms with Crippen LogP contribution < -0.4 is 11.1 Å². The van der Waals surface area contributed by atoms with Crippen LogP contribution in [-0.4, -0.2) is 28.1 Å². The third kappa shape index (κ3) is 6.01. The molecule has 0 fully saturated rings. The van der Waals surface area contributed by atoms with Gasteiger partial charge in [-0.2, -0.15) is 13.2 Å². The number of amides is 1. The number of thiazole rings is 1. The average Bonchev–Trinajstić information content (AvgIpc) is 3.08. The first-order chi connectivity index (χ1) is 14.0. The van der Waals surface area contributed by atoms with Gasteiger partial charge in [-0.3, -0.25) is 4.79 Å². The van der Waals surface area contributed by atoms with Gasteiger partial charge in [0.15, 0.2) is 0 Å². The number of aliphatic carboxylic acids is 1. The Balaban J connectivity index is 0.000000396. The zero-order chi connectivity index (χ0) is 22.5. The maximum atomic E-state index is 12.4. The van der Waals surface area contributed by atoms with Crippen molar-refractivity contribution >= 4 is 34.0 Å². The number of aryl methyl sites for hydroxylation is 1. The van der Waals surface area contributed by atoms with Crippen LogP contribution in [0.4, 0.5) is 13.2 Å². The van der Waals surface area contributed by atoms with Crippen molar-refractivity contribution in [3.8, 4) is 0 Å². The van der Waals surface area contributed by atoms with Crippen molar-refractivity contribution in [1.82, 2.24) is 10.3 Å². The predicted octanol–water partition coefficient (Wildman–Crippen LogP) is 4.19. The second kappa shape index (κ2) is 9.68. The van der Waals surface area contributed by atoms with Crippen LogP contribution in [0, 0.1) is 6.92 Å². The van der Waals surface area contributed by atoms with Crippen molar-refractivity contribution < 1.29 is 27.9 Å². The molecule has 0 aliphatic rings. The lowest BCUT2D eigenvalue weighted by molar-refractivity contribution is -0.192. The monoisotopic (exact) mass is 439 g/mol. The van der Waals surface area contributed by atoms with Gasteiger partial charge in [-0.1, -0.05) is 42.5 Å². The highest BCUT2D eigenvalue weighted by Gasteiger charge is 2.38. The molecule has 160 valence electrons. The van der Waals surface area contributed by atoms with Crippen molar-refractivity contribution in [3.05, 3.63) is 63.6 Å². The lowest BCUT2D eigenvalue weighted by Crippen LogP contribution is -2.24. The Hall–Kier alpha value is -2.98. The van der Waals surface area contributed by atoms with E-state index >= 15 is 0 Å². The van der Waals surface area contributed by atoms with Crippen LogP contribution in [0.1, 0.15) is 38.9 Å². The summed E-state index contributed by atoms with van der Waals surface area (Å²) in [7, 11) is 0. The molecule has 3 aromatic rings. The van der Waals surface area contributed by atoms with Crippen molar-refractivity contribution in [3.63, 3.8) is 0 Å². The highest BCUT2D eigenvalue weighted by molar-refractivity contribution is 7.11. The predicted molar refractivity (Wildman–Crippen MR) is 108 cm³/mol. The second-order valence-electron chi connectivity index (χ2n) is 6.37. The van der Waals surface area contributed by atoms with Crippen molar-refractivity contribution in [1.29, 1.82) is 0 Å². The van der Waals surface area contributed by atoms with E-state index in [4.69, 9.17) is 15.6 Å². The Morgan fingerprint density at radius 2 is 1.80 bits per heavy atom. The van der Waals surface area contributed by atoms with Crippen molar-refractivity contribution in [2.24, 2.45) is 5.73 Å². The van der Waals surface area contributed by atoms with Crippen LogP contribution >= 0.6 is 11.3 Å². The number of benzene rings is 2. The number of hydrogen-bond acceptors (Lipinski definition) is 5. The zero-order valence-corrected chi connectivity index (χ0v) is 17.0. The third-order valence-corrected chi connectivity index (χ3v) is 5.15. The number of carboxylic acids is 1. The zero-order valence-electron chi connectivity index (χ0n) is 16.2. The summed E-state index contributed by atoms with van der Waals surface area (Å²) in [5.41, 5.74) is 7.41. The standard InChI is InChI=1S/C18H19N3OS.C2HF3O2/c1-11(19)18-21-16(12(2)23-18)17(22)20-10-14-8-5-7-13-6-3-4-9-15(13)14;3-2(4,5)1(6)7/h3-9,11H,10,19H2,1-2H3,(H,20,22);(H,6,7). The molecular weight excluding hydrogens is 419 g/mol. The molecule has 1 heterocycles. The average molecular weight is 439 g/mol. The Bertz CT molecular complexity index is 1040. The largest absolute Gasteiger partial charge is 0.490 e. The minimum absolute atomic E-state index is 0.154. The summed E-state index contributed by atoms with van der Waals surface area (Å²) in [6.07, 6.45) is -5.08. The highest BCUT2D eigenvalue weighted by atomic mass is 32.1. The quantitative estimate of drug-likeness (QED) is 0.565. The summed E-state index contributed by atoms with van der Waals surface area (Å²) >= 11 is 1.48. The second-order valence-corrected chi connectivity index (χ2v) is 7.60. The lowest BCUT2D eigenvalue weighted by atomic mass is 10.0. The molecule has 30 heavy (non-hydrogen) atoms. The molecule has 0 radical (unpaired) electrons. The van der Waals surface area contributed by atoms with Crippen LogP contribution in [0.5, 0.6) is 0 Å². The highest BCUT2D eigenvalue weighted by Crippen LogP contribution is 2.22. The number of nitrogens with two attached hydrogens (primary N) is 1. The molecule has 0 aliphatic heterocycles. The van der Waals surface area contributed by atoms with E-state index in [1.165, 1.54) is 16.7 Å². The van der Waals surface area contributed by atoms with Crippen molar-refractivity contribution in [2.75, 3.05) is 0 Å². The number of carboxylic acid groups (broad SMARTS) is 1. The molecule has 0 saturated heterocycles. The van der Waals surface area contributed by atoms with E-state index in [-0.39, 0.29) is 11.9 Å². The van der Waals surface area contributed by atoms with Gasteiger partial charge in [0.25, 0.3) is 5.91 Å². The minimum atomic E-state index is -5.08. The first kappa shape index (κ1) is 23.3. The van der Waals surface area contributed by atoms with E-state index in [9.17, 15) is 18.0 Å². The van der Waals surface area contributed by atoms with Gasteiger partial charge in [-0.05, 0) is 30.2 Å². The third-order valence-electron chi connectivity index (χ3n) is 3.98. The molecule has 0 aliphatic carbocycles. The number of alkyl halides is 3. The fraction of sp³-hybridized carbons (Fsp3) is 0.250. The molecule has 1 atom stereocenters. The van der Waals surface area contributed by atoms with Crippen LogP contribution in [0.25, 0.3) is 10.8 Å². The molecule has 1 amide bonds. The number of nitrogens with zero attached hydrogens (tertiary/aromatic N) is 1. The molecule has 2 aromatic carbocycles. The van der Waals surface area contributed by atoms with Gasteiger partial charge in [-0.15, -0.1) is 11.3 Å². The topological polar surface area (TPSA) is 105 Å². The van der Waals surface area contributed by atoms with Crippen molar-refractivity contribution in [2.45, 2.75) is 32.6 Å². The number of halogens is 3. The van der Waals surface area contributed by atoms with E-state index in [2.05, 4.69) is 28.5 Å². The number of aromatic nitrogens is 1. The Morgan fingerprint density at radius 1 is 1.20 bits per heavy atom. The smallest absolute Gasteiger partial charge is 0.475 e. The van der Waals surface area contributed by atoms with E-state index < -0.39 is 12.1 Å². The van der Waals surface area contributed by atoms with Crippen LogP contribution in [-0.2, 0) is 11.3 Å². The van der Waals surface area contributed by atoms with Crippen LogP contribution in [0.15, 0.2) is 42.5 Å². The van der Waals surface area contributed by atoms with Gasteiger partial charge in [0.2, 0.25) is 0 Å². The Labute approximate surface area is 174 Å². The molecule has 0 spiro atoms. The first-order valence-corrected chi connectivity index (χ1v) is 9.60. The normalized spacial score (nSPS) is 12.1. The van der Waals surface area contributed by atoms with Gasteiger partial charge in [-0.25, -0.2) is 9.78 Å². The molecule has 10 heteroatoms. The van der Waals surface area contributed by atoms with E-state index in [0.29, 0.717) is 12.2 Å². The molecule has 4 N–H and O–H groups in total. The van der Waals surface area contributed by atoms with E-state index in [1.54, 1.807) is 0 Å². The SMILES string of the molecule is Cc1sc(C(C)N)nc1C(=O)NCc1cccc2ccccc12.O=C(O)C(F)(F)F. The van der Waals surface area contributed by atoms with Crippen LogP contribution in [0.2, 0.25) is 0 Å².